The van der Waals surface area contributed by atoms with Crippen molar-refractivity contribution in [2.75, 3.05) is 6.61 Å². The van der Waals surface area contributed by atoms with Crippen molar-refractivity contribution in [2.24, 2.45) is 10.2 Å². The molecule has 4 rings (SSSR count). The van der Waals surface area contributed by atoms with E-state index >= 15 is 0 Å². The number of hydrogen-bond donors (Lipinski definition) is 0. The maximum atomic E-state index is 12.5. The minimum atomic E-state index is -0.468. The number of carbonyl (C=O) groups excluding carboxylic acids is 1. The maximum Gasteiger partial charge on any atom is 0.343 e. The van der Waals surface area contributed by atoms with Crippen LogP contribution in [0.4, 0.5) is 16.5 Å². The highest BCUT2D eigenvalue weighted by Crippen LogP contribution is 2.32. The van der Waals surface area contributed by atoms with E-state index in [-0.39, 0.29) is 5.69 Å². The van der Waals surface area contributed by atoms with Gasteiger partial charge in [-0.3, -0.25) is 10.1 Å². The molecule has 4 aromatic rings. The molecule has 0 aliphatic carbocycles. The molecule has 0 unspecified atom stereocenters. The molecule has 0 amide bonds. The summed E-state index contributed by atoms with van der Waals surface area (Å²) < 4.78 is 11.8. The van der Waals surface area contributed by atoms with Gasteiger partial charge in [0.25, 0.3) is 5.69 Å². The number of carbonyl (C=O) groups is 1. The molecule has 190 valence electrons. The van der Waals surface area contributed by atoms with Gasteiger partial charge < -0.3 is 9.47 Å². The van der Waals surface area contributed by atoms with Gasteiger partial charge in [0, 0.05) is 12.1 Å². The van der Waals surface area contributed by atoms with E-state index in [1.165, 1.54) is 42.7 Å². The number of non-ortho nitro benzene ring substituents is 1. The van der Waals surface area contributed by atoms with Crippen LogP contribution in [-0.2, 0) is 0 Å². The third kappa shape index (κ3) is 7.40. The average Bonchev–Trinajstić information content (AvgIpc) is 3.33. The van der Waals surface area contributed by atoms with Crippen molar-refractivity contribution < 1.29 is 19.2 Å². The number of nitro benzene ring substituents is 1. The first-order chi connectivity index (χ1) is 18.0. The molecule has 37 heavy (non-hydrogen) atoms. The molecule has 0 radical (unpaired) electrons. The largest absolute Gasteiger partial charge is 0.494 e. The summed E-state index contributed by atoms with van der Waals surface area (Å²) in [6.07, 6.45) is 5.88. The second-order valence-electron chi connectivity index (χ2n) is 8.28. The lowest BCUT2D eigenvalue weighted by atomic mass is 10.2. The van der Waals surface area contributed by atoms with Crippen LogP contribution in [0, 0.1) is 10.1 Å². The predicted molar refractivity (Wildman–Crippen MR) is 143 cm³/mol. The van der Waals surface area contributed by atoms with Crippen LogP contribution < -0.4 is 9.47 Å². The number of aromatic nitrogens is 1. The Labute approximate surface area is 217 Å². The third-order valence-corrected chi connectivity index (χ3v) is 6.38. The van der Waals surface area contributed by atoms with Crippen LogP contribution in [0.1, 0.15) is 49.4 Å². The lowest BCUT2D eigenvalue weighted by Gasteiger charge is -2.08. The van der Waals surface area contributed by atoms with E-state index in [2.05, 4.69) is 22.1 Å². The van der Waals surface area contributed by atoms with Gasteiger partial charge in [0.05, 0.1) is 33.0 Å². The first kappa shape index (κ1) is 25.9. The van der Waals surface area contributed by atoms with Gasteiger partial charge in [-0.25, -0.2) is 9.78 Å². The Balaban J connectivity index is 1.29. The van der Waals surface area contributed by atoms with Gasteiger partial charge in [-0.1, -0.05) is 43.9 Å². The Morgan fingerprint density at radius 1 is 0.946 bits per heavy atom. The van der Waals surface area contributed by atoms with E-state index < -0.39 is 10.9 Å². The molecule has 0 fully saturated rings. The fourth-order valence-corrected chi connectivity index (χ4v) is 4.31. The van der Waals surface area contributed by atoms with Crippen molar-refractivity contribution in [3.63, 3.8) is 0 Å². The van der Waals surface area contributed by atoms with E-state index in [9.17, 15) is 14.9 Å². The third-order valence-electron chi connectivity index (χ3n) is 5.48. The van der Waals surface area contributed by atoms with Crippen molar-refractivity contribution in [2.45, 2.75) is 39.0 Å². The fraction of sp³-hybridized carbons (Fsp3) is 0.259. The maximum absolute atomic E-state index is 12.5. The van der Waals surface area contributed by atoms with E-state index in [0.29, 0.717) is 39.0 Å². The Morgan fingerprint density at radius 2 is 1.68 bits per heavy atom. The normalized spacial score (nSPS) is 11.2. The second kappa shape index (κ2) is 12.7. The number of thiazole rings is 1. The van der Waals surface area contributed by atoms with E-state index in [1.54, 1.807) is 54.6 Å². The lowest BCUT2D eigenvalue weighted by molar-refractivity contribution is -0.384. The quantitative estimate of drug-likeness (QED) is 0.0466. The topological polar surface area (TPSA) is 116 Å². The van der Waals surface area contributed by atoms with Crippen molar-refractivity contribution in [3.8, 4) is 11.5 Å². The molecule has 0 spiro atoms. The highest BCUT2D eigenvalue weighted by Gasteiger charge is 2.11. The predicted octanol–water partition coefficient (Wildman–Crippen LogP) is 8.19. The molecule has 0 saturated carbocycles. The number of unbranched alkanes of at least 4 members (excludes halogenated alkanes) is 4. The zero-order valence-electron chi connectivity index (χ0n) is 20.3. The molecule has 0 atom stereocenters. The van der Waals surface area contributed by atoms with Crippen LogP contribution in [0.5, 0.6) is 11.5 Å². The van der Waals surface area contributed by atoms with Crippen LogP contribution in [0.3, 0.4) is 0 Å². The number of esters is 1. The molecule has 9 nitrogen and oxygen atoms in total. The van der Waals surface area contributed by atoms with Crippen molar-refractivity contribution in [1.82, 2.24) is 4.98 Å². The second-order valence-corrected chi connectivity index (χ2v) is 9.29. The molecule has 0 aliphatic heterocycles. The zero-order valence-corrected chi connectivity index (χ0v) is 21.1. The summed E-state index contributed by atoms with van der Waals surface area (Å²) in [5.74, 6) is 0.640. The number of azo groups is 1. The molecule has 1 aromatic heterocycles. The molecule has 0 saturated heterocycles. The summed E-state index contributed by atoms with van der Waals surface area (Å²) >= 11 is 1.21. The molecule has 10 heteroatoms. The smallest absolute Gasteiger partial charge is 0.343 e. The van der Waals surface area contributed by atoms with Crippen LogP contribution in [-0.4, -0.2) is 22.5 Å². The molecule has 0 N–H and O–H groups in total. The van der Waals surface area contributed by atoms with Crippen LogP contribution >= 0.6 is 11.3 Å². The standard InChI is InChI=1S/C27H26N4O5S/c1-2-3-4-5-6-17-35-22-12-7-19(8-13-22)26(32)36-23-14-9-20(10-15-23)29-30-27-28-24-16-11-21(31(33)34)18-25(24)37-27/h7-16,18H,2-6,17H2,1H3. The Kier molecular flexibility index (Phi) is 8.88. The summed E-state index contributed by atoms with van der Waals surface area (Å²) in [6, 6.07) is 18.0. The van der Waals surface area contributed by atoms with Gasteiger partial charge in [0.2, 0.25) is 5.13 Å². The number of nitro groups is 1. The Hall–Kier alpha value is -4.18. The molecular weight excluding hydrogens is 492 g/mol. The number of fused-ring (bicyclic) bond motifs is 1. The van der Waals surface area contributed by atoms with Crippen molar-refractivity contribution in [1.29, 1.82) is 0 Å². The average molecular weight is 519 g/mol. The van der Waals surface area contributed by atoms with Gasteiger partial charge in [-0.15, -0.1) is 10.2 Å². The van der Waals surface area contributed by atoms with Gasteiger partial charge in [0.1, 0.15) is 11.5 Å². The van der Waals surface area contributed by atoms with Crippen LogP contribution in [0.25, 0.3) is 10.2 Å². The first-order valence-electron chi connectivity index (χ1n) is 12.0. The molecule has 0 bridgehead atoms. The Morgan fingerprint density at radius 3 is 2.41 bits per heavy atom. The lowest BCUT2D eigenvalue weighted by Crippen LogP contribution is -2.08. The van der Waals surface area contributed by atoms with Crippen molar-refractivity contribution in [3.05, 3.63) is 82.4 Å². The van der Waals surface area contributed by atoms with Crippen LogP contribution in [0.15, 0.2) is 77.0 Å². The minimum absolute atomic E-state index is 0.00205. The number of nitrogens with zero attached hydrogens (tertiary/aromatic N) is 4. The number of ether oxygens (including phenoxy) is 2. The van der Waals surface area contributed by atoms with Crippen molar-refractivity contribution >= 4 is 44.0 Å². The summed E-state index contributed by atoms with van der Waals surface area (Å²) in [5, 5.41) is 19.6. The summed E-state index contributed by atoms with van der Waals surface area (Å²) in [6.45, 7) is 2.86. The SMILES string of the molecule is CCCCCCCOc1ccc(C(=O)Oc2ccc(N=Nc3nc4ccc([N+](=O)[O-])cc4s3)cc2)cc1. The number of hydrogen-bond acceptors (Lipinski definition) is 9. The highest BCUT2D eigenvalue weighted by atomic mass is 32.1. The number of benzene rings is 3. The molecule has 1 heterocycles. The van der Waals surface area contributed by atoms with Gasteiger partial charge in [-0.05, 0) is 61.0 Å². The van der Waals surface area contributed by atoms with E-state index in [4.69, 9.17) is 9.47 Å². The number of rotatable bonds is 12. The highest BCUT2D eigenvalue weighted by molar-refractivity contribution is 7.21. The van der Waals surface area contributed by atoms with Gasteiger partial charge >= 0.3 is 5.97 Å². The first-order valence-corrected chi connectivity index (χ1v) is 12.9. The van der Waals surface area contributed by atoms with Gasteiger partial charge in [-0.2, -0.15) is 0 Å². The Bertz CT molecular complexity index is 1380. The molecular formula is C27H26N4O5S. The monoisotopic (exact) mass is 518 g/mol. The van der Waals surface area contributed by atoms with E-state index in [0.717, 1.165) is 18.6 Å². The summed E-state index contributed by atoms with van der Waals surface area (Å²) in [4.78, 5) is 27.3. The molecule has 0 aliphatic rings. The molecule has 3 aromatic carbocycles. The minimum Gasteiger partial charge on any atom is -0.494 e. The summed E-state index contributed by atoms with van der Waals surface area (Å²) in [5.41, 5.74) is 1.59. The fourth-order valence-electron chi connectivity index (χ4n) is 3.49. The van der Waals surface area contributed by atoms with Crippen LogP contribution in [0.2, 0.25) is 0 Å². The van der Waals surface area contributed by atoms with E-state index in [1.807, 2.05) is 0 Å². The van der Waals surface area contributed by atoms with Gasteiger partial charge in [0.15, 0.2) is 0 Å². The summed E-state index contributed by atoms with van der Waals surface area (Å²) in [7, 11) is 0. The zero-order chi connectivity index (χ0) is 26.0.